The average Bonchev–Trinajstić information content (AvgIpc) is 2.63. The van der Waals surface area contributed by atoms with Crippen molar-refractivity contribution in [2.75, 3.05) is 0 Å². The summed E-state index contributed by atoms with van der Waals surface area (Å²) in [5.41, 5.74) is 1.00. The predicted octanol–water partition coefficient (Wildman–Crippen LogP) is 1.61. The molecule has 0 bridgehead atoms. The van der Waals surface area contributed by atoms with Crippen LogP contribution >= 0.6 is 0 Å². The zero-order chi connectivity index (χ0) is 12.5. The lowest BCUT2D eigenvalue weighted by atomic mass is 10.2. The highest BCUT2D eigenvalue weighted by atomic mass is 32.2. The van der Waals surface area contributed by atoms with Gasteiger partial charge in [-0.05, 0) is 31.9 Å². The van der Waals surface area contributed by atoms with Gasteiger partial charge in [0.25, 0.3) is 10.1 Å². The van der Waals surface area contributed by atoms with Crippen LogP contribution in [0.4, 0.5) is 0 Å². The van der Waals surface area contributed by atoms with Crippen molar-refractivity contribution in [2.24, 2.45) is 0 Å². The number of rotatable bonds is 3. The van der Waals surface area contributed by atoms with Crippen molar-refractivity contribution in [2.45, 2.75) is 43.3 Å². The summed E-state index contributed by atoms with van der Waals surface area (Å²) in [4.78, 5) is 0.171. The highest BCUT2D eigenvalue weighted by Crippen LogP contribution is 2.25. The van der Waals surface area contributed by atoms with Crippen LogP contribution in [0.15, 0.2) is 29.2 Å². The molecule has 0 radical (unpaired) electrons. The Labute approximate surface area is 101 Å². The lowest BCUT2D eigenvalue weighted by Crippen LogP contribution is -2.16. The first-order valence-corrected chi connectivity index (χ1v) is 7.06. The second kappa shape index (κ2) is 4.76. The summed E-state index contributed by atoms with van der Waals surface area (Å²) >= 11 is 0. The Kier molecular flexibility index (Phi) is 3.51. The number of hydrogen-bond acceptors (Lipinski definition) is 4. The Hall–Kier alpha value is -0.910. The molecule has 0 aliphatic heterocycles. The maximum absolute atomic E-state index is 11.9. The quantitative estimate of drug-likeness (QED) is 0.835. The smallest absolute Gasteiger partial charge is 0.297 e. The fraction of sp³-hybridized carbons (Fsp3) is 0.500. The summed E-state index contributed by atoms with van der Waals surface area (Å²) in [6, 6.07) is 6.55. The van der Waals surface area contributed by atoms with E-state index in [2.05, 4.69) is 0 Å². The molecule has 0 spiro atoms. The van der Waals surface area contributed by atoms with E-state index in [-0.39, 0.29) is 4.90 Å². The molecule has 4 nitrogen and oxygen atoms in total. The third kappa shape index (κ3) is 3.06. The third-order valence-electron chi connectivity index (χ3n) is 2.93. The van der Waals surface area contributed by atoms with Crippen LogP contribution in [-0.2, 0) is 14.3 Å². The van der Waals surface area contributed by atoms with Gasteiger partial charge in [0, 0.05) is 6.42 Å². The number of hydrogen-bond donors (Lipinski definition) is 1. The molecule has 1 aromatic rings. The molecular formula is C12H16O4S. The molecule has 0 heterocycles. The fourth-order valence-electron chi connectivity index (χ4n) is 1.94. The maximum Gasteiger partial charge on any atom is 0.297 e. The zero-order valence-electron chi connectivity index (χ0n) is 9.67. The Morgan fingerprint density at radius 1 is 1.24 bits per heavy atom. The summed E-state index contributed by atoms with van der Waals surface area (Å²) in [5.74, 6) is 0. The first-order chi connectivity index (χ1) is 7.97. The van der Waals surface area contributed by atoms with Gasteiger partial charge in [0.2, 0.25) is 0 Å². The topological polar surface area (TPSA) is 63.6 Å². The molecule has 94 valence electrons. The minimum absolute atomic E-state index is 0.171. The van der Waals surface area contributed by atoms with Crippen LogP contribution in [-0.4, -0.2) is 25.7 Å². The molecule has 2 rings (SSSR count). The Morgan fingerprint density at radius 2 is 1.88 bits per heavy atom. The largest absolute Gasteiger partial charge is 0.393 e. The molecule has 1 aliphatic rings. The van der Waals surface area contributed by atoms with Crippen LogP contribution in [0.1, 0.15) is 24.8 Å². The van der Waals surface area contributed by atoms with E-state index in [1.807, 2.05) is 6.92 Å². The second-order valence-electron chi connectivity index (χ2n) is 4.45. The number of aliphatic hydroxyl groups is 1. The van der Waals surface area contributed by atoms with Crippen molar-refractivity contribution < 1.29 is 17.7 Å². The van der Waals surface area contributed by atoms with Gasteiger partial charge in [0.15, 0.2) is 0 Å². The molecule has 5 heteroatoms. The van der Waals surface area contributed by atoms with E-state index in [1.165, 1.54) is 12.1 Å². The molecule has 2 atom stereocenters. The van der Waals surface area contributed by atoms with Gasteiger partial charge in [-0.15, -0.1) is 0 Å². The highest BCUT2D eigenvalue weighted by molar-refractivity contribution is 7.86. The van der Waals surface area contributed by atoms with Crippen molar-refractivity contribution in [3.8, 4) is 0 Å². The van der Waals surface area contributed by atoms with Crippen molar-refractivity contribution in [3.05, 3.63) is 29.8 Å². The van der Waals surface area contributed by atoms with Crippen LogP contribution in [0, 0.1) is 6.92 Å². The van der Waals surface area contributed by atoms with Crippen LogP contribution in [0.3, 0.4) is 0 Å². The zero-order valence-corrected chi connectivity index (χ0v) is 10.5. The molecule has 1 saturated carbocycles. The fourth-order valence-corrected chi connectivity index (χ4v) is 3.06. The summed E-state index contributed by atoms with van der Waals surface area (Å²) in [5, 5.41) is 9.33. The van der Waals surface area contributed by atoms with E-state index in [0.717, 1.165) is 5.56 Å². The Morgan fingerprint density at radius 3 is 2.41 bits per heavy atom. The molecule has 1 fully saturated rings. The van der Waals surface area contributed by atoms with Crippen LogP contribution in [0.25, 0.3) is 0 Å². The number of aliphatic hydroxyl groups excluding tert-OH is 1. The normalized spacial score (nSPS) is 25.1. The van der Waals surface area contributed by atoms with Crippen molar-refractivity contribution in [3.63, 3.8) is 0 Å². The van der Waals surface area contributed by atoms with Crippen molar-refractivity contribution >= 4 is 10.1 Å². The Balaban J connectivity index is 2.11. The molecule has 2 unspecified atom stereocenters. The van der Waals surface area contributed by atoms with Crippen molar-refractivity contribution in [1.82, 2.24) is 0 Å². The van der Waals surface area contributed by atoms with E-state index < -0.39 is 22.3 Å². The summed E-state index contributed by atoms with van der Waals surface area (Å²) in [6.45, 7) is 1.89. The van der Waals surface area contributed by atoms with E-state index in [0.29, 0.717) is 19.3 Å². The van der Waals surface area contributed by atoms with Gasteiger partial charge in [0.05, 0.1) is 17.1 Å². The SMILES string of the molecule is Cc1ccc(S(=O)(=O)OC2CCC(O)C2)cc1. The molecule has 0 amide bonds. The monoisotopic (exact) mass is 256 g/mol. The number of benzene rings is 1. The van der Waals surface area contributed by atoms with Gasteiger partial charge >= 0.3 is 0 Å². The lowest BCUT2D eigenvalue weighted by Gasteiger charge is -2.11. The lowest BCUT2D eigenvalue weighted by molar-refractivity contribution is 0.153. The highest BCUT2D eigenvalue weighted by Gasteiger charge is 2.28. The van der Waals surface area contributed by atoms with E-state index in [1.54, 1.807) is 12.1 Å². The van der Waals surface area contributed by atoms with Gasteiger partial charge < -0.3 is 5.11 Å². The van der Waals surface area contributed by atoms with Gasteiger partial charge in [-0.1, -0.05) is 17.7 Å². The molecule has 1 aromatic carbocycles. The maximum atomic E-state index is 11.9. The van der Waals surface area contributed by atoms with Gasteiger partial charge in [-0.2, -0.15) is 8.42 Å². The van der Waals surface area contributed by atoms with Gasteiger partial charge in [-0.3, -0.25) is 4.18 Å². The van der Waals surface area contributed by atoms with Gasteiger partial charge in [0.1, 0.15) is 0 Å². The third-order valence-corrected chi connectivity index (χ3v) is 4.30. The van der Waals surface area contributed by atoms with E-state index in [4.69, 9.17) is 4.18 Å². The first kappa shape index (κ1) is 12.5. The number of aryl methyl sites for hydroxylation is 1. The van der Waals surface area contributed by atoms with Crippen LogP contribution in [0.2, 0.25) is 0 Å². The second-order valence-corrected chi connectivity index (χ2v) is 6.02. The predicted molar refractivity (Wildman–Crippen MR) is 63.1 cm³/mol. The molecular weight excluding hydrogens is 240 g/mol. The summed E-state index contributed by atoms with van der Waals surface area (Å²) < 4.78 is 28.9. The summed E-state index contributed by atoms with van der Waals surface area (Å²) in [7, 11) is -3.69. The van der Waals surface area contributed by atoms with E-state index >= 15 is 0 Å². The van der Waals surface area contributed by atoms with Gasteiger partial charge in [-0.25, -0.2) is 0 Å². The molecule has 17 heavy (non-hydrogen) atoms. The Bertz CT molecular complexity index is 478. The van der Waals surface area contributed by atoms with Crippen molar-refractivity contribution in [1.29, 1.82) is 0 Å². The standard InChI is InChI=1S/C12H16O4S/c1-9-2-6-12(7-3-9)17(14,15)16-11-5-4-10(13)8-11/h2-3,6-7,10-11,13H,4-5,8H2,1H3. The van der Waals surface area contributed by atoms with Crippen LogP contribution < -0.4 is 0 Å². The first-order valence-electron chi connectivity index (χ1n) is 5.65. The van der Waals surface area contributed by atoms with Crippen LogP contribution in [0.5, 0.6) is 0 Å². The summed E-state index contributed by atoms with van der Waals surface area (Å²) in [6.07, 6.45) is 0.760. The van der Waals surface area contributed by atoms with E-state index in [9.17, 15) is 13.5 Å². The molecule has 0 saturated heterocycles. The minimum atomic E-state index is -3.69. The molecule has 1 aliphatic carbocycles. The molecule has 0 aromatic heterocycles. The molecule has 1 N–H and O–H groups in total. The minimum Gasteiger partial charge on any atom is -0.393 e. The average molecular weight is 256 g/mol.